The zero-order valence-electron chi connectivity index (χ0n) is 8.97. The van der Waals surface area contributed by atoms with Crippen LogP contribution in [0.25, 0.3) is 0 Å². The third-order valence-electron chi connectivity index (χ3n) is 2.15. The van der Waals surface area contributed by atoms with Gasteiger partial charge in [0.2, 0.25) is 5.91 Å². The predicted molar refractivity (Wildman–Crippen MR) is 69.1 cm³/mol. The van der Waals surface area contributed by atoms with Crippen molar-refractivity contribution in [3.63, 3.8) is 0 Å². The van der Waals surface area contributed by atoms with Crippen molar-refractivity contribution in [2.45, 2.75) is 13.3 Å². The lowest BCUT2D eigenvalue weighted by atomic mass is 10.1. The molecule has 4 heteroatoms. The summed E-state index contributed by atoms with van der Waals surface area (Å²) in [6, 6.07) is 4.99. The van der Waals surface area contributed by atoms with E-state index in [4.69, 9.17) is 23.2 Å². The highest BCUT2D eigenvalue weighted by atomic mass is 35.5. The summed E-state index contributed by atoms with van der Waals surface area (Å²) in [7, 11) is 0. The van der Waals surface area contributed by atoms with Gasteiger partial charge < -0.3 is 5.32 Å². The average molecular weight is 258 g/mol. The lowest BCUT2D eigenvalue weighted by Gasteiger charge is -2.10. The highest BCUT2D eigenvalue weighted by Crippen LogP contribution is 2.25. The molecule has 0 radical (unpaired) electrons. The zero-order valence-corrected chi connectivity index (χ0v) is 10.5. The van der Waals surface area contributed by atoms with E-state index in [0.29, 0.717) is 22.2 Å². The summed E-state index contributed by atoms with van der Waals surface area (Å²) in [5.41, 5.74) is 0.648. The van der Waals surface area contributed by atoms with Crippen molar-refractivity contribution in [2.75, 3.05) is 5.32 Å². The molecule has 0 aliphatic rings. The Labute approximate surface area is 105 Å². The highest BCUT2D eigenvalue weighted by Gasteiger charge is 2.11. The molecule has 0 heterocycles. The van der Waals surface area contributed by atoms with Gasteiger partial charge in [0.1, 0.15) is 0 Å². The minimum atomic E-state index is -0.105. The third-order valence-corrected chi connectivity index (χ3v) is 2.89. The van der Waals surface area contributed by atoms with Crippen LogP contribution >= 0.6 is 23.2 Å². The van der Waals surface area contributed by atoms with Crippen LogP contribution in [0.1, 0.15) is 13.3 Å². The van der Waals surface area contributed by atoms with Crippen LogP contribution in [-0.2, 0) is 4.79 Å². The van der Waals surface area contributed by atoms with Crippen LogP contribution in [0.4, 0.5) is 5.69 Å². The molecule has 0 saturated carbocycles. The van der Waals surface area contributed by atoms with E-state index in [1.54, 1.807) is 24.3 Å². The first-order chi connectivity index (χ1) is 7.54. The molecule has 0 saturated heterocycles. The summed E-state index contributed by atoms with van der Waals surface area (Å²) in [5.74, 6) is -0.162. The minimum absolute atomic E-state index is 0.0571. The molecule has 0 aliphatic heterocycles. The van der Waals surface area contributed by atoms with Crippen molar-refractivity contribution in [2.24, 2.45) is 5.92 Å². The summed E-state index contributed by atoms with van der Waals surface area (Å²) >= 11 is 11.6. The first-order valence-electron chi connectivity index (χ1n) is 4.91. The Balaban J connectivity index is 2.69. The summed E-state index contributed by atoms with van der Waals surface area (Å²) < 4.78 is 0. The maximum Gasteiger partial charge on any atom is 0.227 e. The summed E-state index contributed by atoms with van der Waals surface area (Å²) in [4.78, 5) is 11.7. The van der Waals surface area contributed by atoms with Gasteiger partial charge in [-0.2, -0.15) is 0 Å². The molecule has 1 rings (SSSR count). The minimum Gasteiger partial charge on any atom is -0.326 e. The fourth-order valence-corrected chi connectivity index (χ4v) is 1.49. The Hall–Kier alpha value is -0.990. The third kappa shape index (κ3) is 3.54. The number of hydrogen-bond donors (Lipinski definition) is 1. The molecule has 1 amide bonds. The molecule has 0 fully saturated rings. The smallest absolute Gasteiger partial charge is 0.227 e. The molecular weight excluding hydrogens is 245 g/mol. The second kappa shape index (κ2) is 5.92. The molecule has 1 atom stereocenters. The largest absolute Gasteiger partial charge is 0.326 e. The fraction of sp³-hybridized carbons (Fsp3) is 0.250. The van der Waals surface area contributed by atoms with E-state index in [2.05, 4.69) is 11.9 Å². The number of nitrogens with one attached hydrogen (secondary N) is 1. The van der Waals surface area contributed by atoms with Crippen molar-refractivity contribution in [1.29, 1.82) is 0 Å². The lowest BCUT2D eigenvalue weighted by molar-refractivity contribution is -0.119. The van der Waals surface area contributed by atoms with Gasteiger partial charge in [-0.05, 0) is 24.6 Å². The first kappa shape index (κ1) is 13.1. The van der Waals surface area contributed by atoms with Crippen LogP contribution in [0.3, 0.4) is 0 Å². The molecular formula is C12H13Cl2NO. The zero-order chi connectivity index (χ0) is 12.1. The van der Waals surface area contributed by atoms with Crippen LogP contribution in [0.5, 0.6) is 0 Å². The summed E-state index contributed by atoms with van der Waals surface area (Å²) in [5, 5.41) is 3.66. The second-order valence-electron chi connectivity index (χ2n) is 3.54. The molecule has 0 bridgehead atoms. The van der Waals surface area contributed by atoms with Crippen molar-refractivity contribution < 1.29 is 4.79 Å². The van der Waals surface area contributed by atoms with E-state index in [-0.39, 0.29) is 11.8 Å². The molecule has 1 aromatic rings. The van der Waals surface area contributed by atoms with Gasteiger partial charge in [0.25, 0.3) is 0 Å². The predicted octanol–water partition coefficient (Wildman–Crippen LogP) is 4.14. The van der Waals surface area contributed by atoms with Crippen LogP contribution in [0.2, 0.25) is 10.0 Å². The first-order valence-corrected chi connectivity index (χ1v) is 5.67. The number of anilines is 1. The van der Waals surface area contributed by atoms with E-state index < -0.39 is 0 Å². The van der Waals surface area contributed by atoms with E-state index in [1.807, 2.05) is 6.92 Å². The maximum atomic E-state index is 11.7. The number of amides is 1. The molecule has 0 spiro atoms. The standard InChI is InChI=1S/C12H13Cl2NO/c1-3-4-8(2)12(16)15-9-5-6-10(13)11(14)7-9/h3,5-8H,1,4H2,2H3,(H,15,16). The van der Waals surface area contributed by atoms with Gasteiger partial charge >= 0.3 is 0 Å². The number of benzene rings is 1. The van der Waals surface area contributed by atoms with Gasteiger partial charge in [-0.15, -0.1) is 6.58 Å². The molecule has 0 aromatic heterocycles. The Morgan fingerprint density at radius 2 is 2.19 bits per heavy atom. The number of halogens is 2. The van der Waals surface area contributed by atoms with Gasteiger partial charge in [0.05, 0.1) is 10.0 Å². The van der Waals surface area contributed by atoms with Crippen molar-refractivity contribution in [3.8, 4) is 0 Å². The SMILES string of the molecule is C=CCC(C)C(=O)Nc1ccc(Cl)c(Cl)c1. The van der Waals surface area contributed by atoms with E-state index in [1.165, 1.54) is 0 Å². The molecule has 1 unspecified atom stereocenters. The number of carbonyl (C=O) groups excluding carboxylic acids is 1. The molecule has 16 heavy (non-hydrogen) atoms. The Morgan fingerprint density at radius 1 is 1.50 bits per heavy atom. The van der Waals surface area contributed by atoms with Gasteiger partial charge in [0.15, 0.2) is 0 Å². The summed E-state index contributed by atoms with van der Waals surface area (Å²) in [6.45, 7) is 5.44. The molecule has 1 aromatic carbocycles. The molecule has 2 nitrogen and oxygen atoms in total. The highest BCUT2D eigenvalue weighted by molar-refractivity contribution is 6.42. The monoisotopic (exact) mass is 257 g/mol. The Kier molecular flexibility index (Phi) is 4.84. The lowest BCUT2D eigenvalue weighted by Crippen LogP contribution is -2.19. The average Bonchev–Trinajstić information content (AvgIpc) is 2.24. The Bertz CT molecular complexity index is 404. The number of hydrogen-bond acceptors (Lipinski definition) is 1. The van der Waals surface area contributed by atoms with Crippen molar-refractivity contribution in [3.05, 3.63) is 40.9 Å². The van der Waals surface area contributed by atoms with Crippen molar-refractivity contribution in [1.82, 2.24) is 0 Å². The van der Waals surface area contributed by atoms with E-state index in [0.717, 1.165) is 0 Å². The topological polar surface area (TPSA) is 29.1 Å². The van der Waals surface area contributed by atoms with E-state index in [9.17, 15) is 4.79 Å². The summed E-state index contributed by atoms with van der Waals surface area (Å²) in [6.07, 6.45) is 2.37. The van der Waals surface area contributed by atoms with Gasteiger partial charge in [-0.3, -0.25) is 4.79 Å². The van der Waals surface area contributed by atoms with Crippen molar-refractivity contribution >= 4 is 34.8 Å². The molecule has 86 valence electrons. The van der Waals surface area contributed by atoms with Crippen LogP contribution < -0.4 is 5.32 Å². The molecule has 1 N–H and O–H groups in total. The quantitative estimate of drug-likeness (QED) is 0.808. The number of rotatable bonds is 4. The number of allylic oxidation sites excluding steroid dienone is 1. The normalized spacial score (nSPS) is 11.9. The van der Waals surface area contributed by atoms with E-state index >= 15 is 0 Å². The van der Waals surface area contributed by atoms with Gasteiger partial charge in [-0.25, -0.2) is 0 Å². The van der Waals surface area contributed by atoms with Crippen LogP contribution in [0, 0.1) is 5.92 Å². The second-order valence-corrected chi connectivity index (χ2v) is 4.36. The fourth-order valence-electron chi connectivity index (χ4n) is 1.20. The molecule has 0 aliphatic carbocycles. The number of carbonyl (C=O) groups is 1. The Morgan fingerprint density at radius 3 is 2.75 bits per heavy atom. The maximum absolute atomic E-state index is 11.7. The van der Waals surface area contributed by atoms with Crippen LogP contribution in [0.15, 0.2) is 30.9 Å². The van der Waals surface area contributed by atoms with Crippen LogP contribution in [-0.4, -0.2) is 5.91 Å². The van der Waals surface area contributed by atoms with Gasteiger partial charge in [-0.1, -0.05) is 36.2 Å². The van der Waals surface area contributed by atoms with Gasteiger partial charge in [0, 0.05) is 11.6 Å².